The van der Waals surface area contributed by atoms with E-state index in [0.29, 0.717) is 32.1 Å². The van der Waals surface area contributed by atoms with E-state index >= 15 is 0 Å². The predicted octanol–water partition coefficient (Wildman–Crippen LogP) is 0.569. The second kappa shape index (κ2) is 5.75. The zero-order chi connectivity index (χ0) is 12.1. The molecular formula is C12H16N2O3. The van der Waals surface area contributed by atoms with Gasteiger partial charge in [-0.3, -0.25) is 9.78 Å². The third-order valence-electron chi connectivity index (χ3n) is 2.73. The van der Waals surface area contributed by atoms with Crippen molar-refractivity contribution in [3.8, 4) is 0 Å². The summed E-state index contributed by atoms with van der Waals surface area (Å²) in [5.74, 6) is -0.0593. The Morgan fingerprint density at radius 1 is 1.65 bits per heavy atom. The molecule has 0 saturated carbocycles. The second-order valence-electron chi connectivity index (χ2n) is 3.90. The monoisotopic (exact) mass is 236 g/mol. The van der Waals surface area contributed by atoms with E-state index in [4.69, 9.17) is 9.47 Å². The summed E-state index contributed by atoms with van der Waals surface area (Å²) in [6.07, 6.45) is 1.62. The van der Waals surface area contributed by atoms with Gasteiger partial charge in [0.25, 0.3) is 5.91 Å². The number of amides is 1. The highest BCUT2D eigenvalue weighted by Gasteiger charge is 2.28. The minimum atomic E-state index is -0.0593. The van der Waals surface area contributed by atoms with Gasteiger partial charge in [0.05, 0.1) is 25.9 Å². The van der Waals surface area contributed by atoms with Gasteiger partial charge in [0.2, 0.25) is 0 Å². The van der Waals surface area contributed by atoms with Crippen LogP contribution in [0.25, 0.3) is 0 Å². The van der Waals surface area contributed by atoms with Crippen molar-refractivity contribution >= 4 is 5.91 Å². The number of aromatic nitrogens is 1. The Morgan fingerprint density at radius 3 is 3.24 bits per heavy atom. The average Bonchev–Trinajstić information content (AvgIpc) is 2.40. The fraction of sp³-hybridized carbons (Fsp3) is 0.500. The van der Waals surface area contributed by atoms with E-state index in [2.05, 4.69) is 4.98 Å². The largest absolute Gasteiger partial charge is 0.382 e. The molecule has 0 aliphatic carbocycles. The molecule has 1 atom stereocenters. The SMILES string of the molecule is COCC1COCCN1C(=O)c1ccccn1. The molecule has 1 unspecified atom stereocenters. The summed E-state index contributed by atoms with van der Waals surface area (Å²) >= 11 is 0. The van der Waals surface area contributed by atoms with Crippen LogP contribution < -0.4 is 0 Å². The first-order chi connectivity index (χ1) is 8.33. The van der Waals surface area contributed by atoms with E-state index in [-0.39, 0.29) is 11.9 Å². The summed E-state index contributed by atoms with van der Waals surface area (Å²) in [6, 6.07) is 5.30. The Labute approximate surface area is 100 Å². The molecule has 2 heterocycles. The van der Waals surface area contributed by atoms with Crippen molar-refractivity contribution in [1.29, 1.82) is 0 Å². The lowest BCUT2D eigenvalue weighted by Crippen LogP contribution is -2.50. The molecule has 5 heteroatoms. The van der Waals surface area contributed by atoms with Gasteiger partial charge in [-0.05, 0) is 12.1 Å². The maximum atomic E-state index is 12.2. The number of hydrogen-bond acceptors (Lipinski definition) is 4. The van der Waals surface area contributed by atoms with Gasteiger partial charge in [-0.15, -0.1) is 0 Å². The third-order valence-corrected chi connectivity index (χ3v) is 2.73. The molecule has 0 spiro atoms. The van der Waals surface area contributed by atoms with Gasteiger partial charge < -0.3 is 14.4 Å². The fourth-order valence-electron chi connectivity index (χ4n) is 1.89. The van der Waals surface area contributed by atoms with Gasteiger partial charge >= 0.3 is 0 Å². The summed E-state index contributed by atoms with van der Waals surface area (Å²) < 4.78 is 10.5. The summed E-state index contributed by atoms with van der Waals surface area (Å²) in [5, 5.41) is 0. The minimum Gasteiger partial charge on any atom is -0.382 e. The van der Waals surface area contributed by atoms with Crippen molar-refractivity contribution in [1.82, 2.24) is 9.88 Å². The van der Waals surface area contributed by atoms with Gasteiger partial charge in [-0.2, -0.15) is 0 Å². The first-order valence-corrected chi connectivity index (χ1v) is 5.61. The molecule has 92 valence electrons. The number of nitrogens with zero attached hydrogens (tertiary/aromatic N) is 2. The molecule has 0 aromatic carbocycles. The van der Waals surface area contributed by atoms with Crippen LogP contribution in [-0.2, 0) is 9.47 Å². The zero-order valence-electron chi connectivity index (χ0n) is 9.83. The molecule has 1 aromatic heterocycles. The van der Waals surface area contributed by atoms with Crippen LogP contribution in [-0.4, -0.2) is 55.3 Å². The average molecular weight is 236 g/mol. The summed E-state index contributed by atoms with van der Waals surface area (Å²) in [5.41, 5.74) is 0.468. The van der Waals surface area contributed by atoms with Crippen LogP contribution >= 0.6 is 0 Å². The molecule has 1 aromatic rings. The number of rotatable bonds is 3. The highest BCUT2D eigenvalue weighted by molar-refractivity contribution is 5.92. The van der Waals surface area contributed by atoms with Crippen molar-refractivity contribution in [3.63, 3.8) is 0 Å². The Morgan fingerprint density at radius 2 is 2.53 bits per heavy atom. The molecule has 0 N–H and O–H groups in total. The van der Waals surface area contributed by atoms with Gasteiger partial charge in [-0.25, -0.2) is 0 Å². The number of methoxy groups -OCH3 is 1. The van der Waals surface area contributed by atoms with Crippen molar-refractivity contribution in [3.05, 3.63) is 30.1 Å². The summed E-state index contributed by atoms with van der Waals surface area (Å²) in [6.45, 7) is 2.16. The molecule has 1 aliphatic rings. The lowest BCUT2D eigenvalue weighted by molar-refractivity contribution is -0.0254. The topological polar surface area (TPSA) is 51.7 Å². The first-order valence-electron chi connectivity index (χ1n) is 5.61. The highest BCUT2D eigenvalue weighted by Crippen LogP contribution is 2.11. The molecular weight excluding hydrogens is 220 g/mol. The quantitative estimate of drug-likeness (QED) is 0.770. The zero-order valence-corrected chi connectivity index (χ0v) is 9.83. The van der Waals surface area contributed by atoms with Crippen LogP contribution in [0.15, 0.2) is 24.4 Å². The summed E-state index contributed by atoms with van der Waals surface area (Å²) in [7, 11) is 1.62. The van der Waals surface area contributed by atoms with Crippen molar-refractivity contribution in [2.75, 3.05) is 33.5 Å². The van der Waals surface area contributed by atoms with E-state index in [1.54, 1.807) is 30.3 Å². The van der Waals surface area contributed by atoms with E-state index in [0.717, 1.165) is 0 Å². The maximum Gasteiger partial charge on any atom is 0.272 e. The van der Waals surface area contributed by atoms with Gasteiger partial charge in [0, 0.05) is 19.9 Å². The number of morpholine rings is 1. The van der Waals surface area contributed by atoms with E-state index in [1.165, 1.54) is 0 Å². The lowest BCUT2D eigenvalue weighted by Gasteiger charge is -2.34. The highest BCUT2D eigenvalue weighted by atomic mass is 16.5. The molecule has 1 fully saturated rings. The Bertz CT molecular complexity index is 367. The van der Waals surface area contributed by atoms with Crippen LogP contribution in [0.2, 0.25) is 0 Å². The Hall–Kier alpha value is -1.46. The van der Waals surface area contributed by atoms with Crippen LogP contribution in [0.4, 0.5) is 0 Å². The standard InChI is InChI=1S/C12H16N2O3/c1-16-8-10-9-17-7-6-14(10)12(15)11-4-2-3-5-13-11/h2-5,10H,6-9H2,1H3. The van der Waals surface area contributed by atoms with Gasteiger partial charge in [0.15, 0.2) is 0 Å². The number of carbonyl (C=O) groups is 1. The number of hydrogen-bond donors (Lipinski definition) is 0. The summed E-state index contributed by atoms with van der Waals surface area (Å²) in [4.78, 5) is 18.1. The molecule has 1 amide bonds. The van der Waals surface area contributed by atoms with Crippen LogP contribution in [0.5, 0.6) is 0 Å². The smallest absolute Gasteiger partial charge is 0.272 e. The molecule has 17 heavy (non-hydrogen) atoms. The lowest BCUT2D eigenvalue weighted by atomic mass is 10.2. The van der Waals surface area contributed by atoms with Gasteiger partial charge in [0.1, 0.15) is 5.69 Å². The predicted molar refractivity (Wildman–Crippen MR) is 61.8 cm³/mol. The second-order valence-corrected chi connectivity index (χ2v) is 3.90. The molecule has 0 radical (unpaired) electrons. The van der Waals surface area contributed by atoms with Crippen LogP contribution in [0.1, 0.15) is 10.5 Å². The molecule has 1 aliphatic heterocycles. The Kier molecular flexibility index (Phi) is 4.06. The normalized spacial score (nSPS) is 20.3. The maximum absolute atomic E-state index is 12.2. The van der Waals surface area contributed by atoms with Crippen LogP contribution in [0.3, 0.4) is 0 Å². The van der Waals surface area contributed by atoms with Crippen molar-refractivity contribution < 1.29 is 14.3 Å². The van der Waals surface area contributed by atoms with Crippen molar-refractivity contribution in [2.45, 2.75) is 6.04 Å². The van der Waals surface area contributed by atoms with E-state index in [9.17, 15) is 4.79 Å². The third kappa shape index (κ3) is 2.81. The minimum absolute atomic E-state index is 0.0248. The van der Waals surface area contributed by atoms with Gasteiger partial charge in [-0.1, -0.05) is 6.07 Å². The van der Waals surface area contributed by atoms with E-state index < -0.39 is 0 Å². The molecule has 1 saturated heterocycles. The first kappa shape index (κ1) is 12.0. The fourth-order valence-corrected chi connectivity index (χ4v) is 1.89. The molecule has 0 bridgehead atoms. The number of pyridine rings is 1. The Balaban J connectivity index is 2.11. The van der Waals surface area contributed by atoms with Crippen molar-refractivity contribution in [2.24, 2.45) is 0 Å². The van der Waals surface area contributed by atoms with Crippen LogP contribution in [0, 0.1) is 0 Å². The number of carbonyl (C=O) groups excluding carboxylic acids is 1. The number of ether oxygens (including phenoxy) is 2. The van der Waals surface area contributed by atoms with E-state index in [1.807, 2.05) is 6.07 Å². The molecule has 5 nitrogen and oxygen atoms in total. The molecule has 2 rings (SSSR count).